The van der Waals surface area contributed by atoms with Gasteiger partial charge in [-0.3, -0.25) is 0 Å². The minimum atomic E-state index is 0.278. The fraction of sp³-hybridized carbons (Fsp3) is 0.846. The standard InChI is InChI=1S/C39H69N3O2/c1-5-33-28-38(44-26-12-23-41)39(3)36(30(2)13-10-24-42(4)29-32-14-7-6-8-15-32)20-21-37(39)35(33)19-18-31-16-9-17-34(27-31)43-25-11-22-40/h6-8,14-15,30-31,33-38H,5,9-13,16-29,40-41H2,1-4H3/t30?,31?,33-,34+,35?,36?,37-,38-,39+/m0/s1. The van der Waals surface area contributed by atoms with Crippen molar-refractivity contribution in [3.05, 3.63) is 35.9 Å². The van der Waals surface area contributed by atoms with Crippen LogP contribution in [-0.4, -0.2) is 57.0 Å². The fourth-order valence-electron chi connectivity index (χ4n) is 10.1. The van der Waals surface area contributed by atoms with Gasteiger partial charge in [0.2, 0.25) is 0 Å². The van der Waals surface area contributed by atoms with Crippen molar-refractivity contribution in [3.8, 4) is 0 Å². The first-order chi connectivity index (χ1) is 21.4. The largest absolute Gasteiger partial charge is 0.378 e. The van der Waals surface area contributed by atoms with Crippen LogP contribution in [0.4, 0.5) is 0 Å². The van der Waals surface area contributed by atoms with E-state index < -0.39 is 0 Å². The van der Waals surface area contributed by atoms with Gasteiger partial charge in [-0.25, -0.2) is 0 Å². The summed E-state index contributed by atoms with van der Waals surface area (Å²) in [6.07, 6.45) is 18.7. The molecule has 5 nitrogen and oxygen atoms in total. The van der Waals surface area contributed by atoms with Gasteiger partial charge >= 0.3 is 0 Å². The average Bonchev–Trinajstić information content (AvgIpc) is 3.39. The monoisotopic (exact) mass is 612 g/mol. The van der Waals surface area contributed by atoms with E-state index in [4.69, 9.17) is 20.9 Å². The third-order valence-corrected chi connectivity index (χ3v) is 12.4. The molecule has 0 aliphatic heterocycles. The Hall–Kier alpha value is -0.980. The number of nitrogens with zero attached hydrogens (tertiary/aromatic N) is 1. The molecule has 3 aliphatic rings. The molecule has 0 heterocycles. The molecule has 3 saturated carbocycles. The summed E-state index contributed by atoms with van der Waals surface area (Å²) in [5.41, 5.74) is 13.3. The van der Waals surface area contributed by atoms with E-state index in [1.54, 1.807) is 0 Å². The number of fused-ring (bicyclic) bond motifs is 1. The van der Waals surface area contributed by atoms with Gasteiger partial charge < -0.3 is 25.8 Å². The molecular formula is C39H69N3O2. The van der Waals surface area contributed by atoms with Crippen LogP contribution in [0.25, 0.3) is 0 Å². The maximum atomic E-state index is 6.85. The number of ether oxygens (including phenoxy) is 2. The van der Waals surface area contributed by atoms with Gasteiger partial charge in [0.25, 0.3) is 0 Å². The number of hydrogen-bond acceptors (Lipinski definition) is 5. The van der Waals surface area contributed by atoms with Gasteiger partial charge in [-0.15, -0.1) is 0 Å². The summed E-state index contributed by atoms with van der Waals surface area (Å²) in [7, 11) is 2.28. The lowest BCUT2D eigenvalue weighted by molar-refractivity contribution is -0.143. The Labute approximate surface area is 271 Å². The summed E-state index contributed by atoms with van der Waals surface area (Å²) in [4.78, 5) is 2.50. The van der Waals surface area contributed by atoms with E-state index in [-0.39, 0.29) is 5.41 Å². The number of rotatable bonds is 19. The van der Waals surface area contributed by atoms with Crippen molar-refractivity contribution in [1.82, 2.24) is 4.90 Å². The Balaban J connectivity index is 1.38. The van der Waals surface area contributed by atoms with Gasteiger partial charge in [-0.2, -0.15) is 0 Å². The van der Waals surface area contributed by atoms with E-state index in [9.17, 15) is 0 Å². The lowest BCUT2D eigenvalue weighted by atomic mass is 9.53. The van der Waals surface area contributed by atoms with Crippen molar-refractivity contribution in [1.29, 1.82) is 0 Å². The molecule has 0 amide bonds. The average molecular weight is 612 g/mol. The molecule has 9 atom stereocenters. The quantitative estimate of drug-likeness (QED) is 0.155. The molecule has 252 valence electrons. The van der Waals surface area contributed by atoms with Crippen LogP contribution in [0.2, 0.25) is 0 Å². The van der Waals surface area contributed by atoms with Crippen molar-refractivity contribution in [2.45, 2.75) is 129 Å². The maximum Gasteiger partial charge on any atom is 0.0636 e. The molecular weight excluding hydrogens is 542 g/mol. The van der Waals surface area contributed by atoms with E-state index in [0.29, 0.717) is 12.2 Å². The van der Waals surface area contributed by atoms with Gasteiger partial charge in [0, 0.05) is 19.8 Å². The van der Waals surface area contributed by atoms with Gasteiger partial charge in [0.15, 0.2) is 0 Å². The smallest absolute Gasteiger partial charge is 0.0636 e. The van der Waals surface area contributed by atoms with E-state index in [1.165, 1.54) is 89.2 Å². The summed E-state index contributed by atoms with van der Waals surface area (Å²) in [5, 5.41) is 0. The second kappa shape index (κ2) is 18.4. The van der Waals surface area contributed by atoms with Crippen LogP contribution in [0.5, 0.6) is 0 Å². The van der Waals surface area contributed by atoms with Crippen LogP contribution in [0.1, 0.15) is 116 Å². The highest BCUT2D eigenvalue weighted by molar-refractivity contribution is 5.14. The zero-order valence-electron chi connectivity index (χ0n) is 29.1. The SMILES string of the molecule is CC[C@H]1C[C@H](OCCCN)[C@]2(C)C(C(C)CCCN(C)Cc3ccccc3)CC[C@H]2C1CCC1CCC[C@@H](OCCCN)C1. The predicted molar refractivity (Wildman–Crippen MR) is 185 cm³/mol. The van der Waals surface area contributed by atoms with E-state index in [1.807, 2.05) is 0 Å². The van der Waals surface area contributed by atoms with Gasteiger partial charge in [-0.1, -0.05) is 76.8 Å². The number of nitrogens with two attached hydrogens (primary N) is 2. The van der Waals surface area contributed by atoms with Crippen LogP contribution in [0.15, 0.2) is 30.3 Å². The Morgan fingerprint density at radius 2 is 1.68 bits per heavy atom. The van der Waals surface area contributed by atoms with Gasteiger partial charge in [-0.05, 0) is 137 Å². The highest BCUT2D eigenvalue weighted by Crippen LogP contribution is 2.63. The molecule has 4 N–H and O–H groups in total. The van der Waals surface area contributed by atoms with E-state index >= 15 is 0 Å². The molecule has 5 heteroatoms. The van der Waals surface area contributed by atoms with Crippen LogP contribution in [0.3, 0.4) is 0 Å². The fourth-order valence-corrected chi connectivity index (χ4v) is 10.1. The summed E-state index contributed by atoms with van der Waals surface area (Å²) in [6.45, 7) is 13.0. The highest BCUT2D eigenvalue weighted by Gasteiger charge is 2.59. The van der Waals surface area contributed by atoms with Crippen LogP contribution in [-0.2, 0) is 16.0 Å². The Bertz CT molecular complexity index is 914. The predicted octanol–water partition coefficient (Wildman–Crippen LogP) is 8.05. The van der Waals surface area contributed by atoms with Crippen LogP contribution >= 0.6 is 0 Å². The van der Waals surface area contributed by atoms with Gasteiger partial charge in [0.05, 0.1) is 12.2 Å². The highest BCUT2D eigenvalue weighted by atomic mass is 16.5. The Morgan fingerprint density at radius 1 is 0.932 bits per heavy atom. The minimum absolute atomic E-state index is 0.278. The van der Waals surface area contributed by atoms with Gasteiger partial charge in [0.1, 0.15) is 0 Å². The molecule has 44 heavy (non-hydrogen) atoms. The van der Waals surface area contributed by atoms with Crippen LogP contribution < -0.4 is 11.5 Å². The zero-order chi connectivity index (χ0) is 31.4. The first-order valence-corrected chi connectivity index (χ1v) is 18.8. The molecule has 4 unspecified atom stereocenters. The number of hydrogen-bond donors (Lipinski definition) is 2. The summed E-state index contributed by atoms with van der Waals surface area (Å²) in [5.74, 6) is 4.74. The summed E-state index contributed by atoms with van der Waals surface area (Å²) >= 11 is 0. The lowest BCUT2D eigenvalue weighted by Gasteiger charge is -2.54. The molecule has 3 aliphatic carbocycles. The maximum absolute atomic E-state index is 6.85. The van der Waals surface area contributed by atoms with E-state index in [2.05, 4.69) is 63.1 Å². The minimum Gasteiger partial charge on any atom is -0.378 e. The van der Waals surface area contributed by atoms with Crippen LogP contribution in [0, 0.1) is 40.9 Å². The lowest BCUT2D eigenvalue weighted by Crippen LogP contribution is -2.53. The second-order valence-electron chi connectivity index (χ2n) is 15.3. The van der Waals surface area contributed by atoms with Crippen molar-refractivity contribution < 1.29 is 9.47 Å². The van der Waals surface area contributed by atoms with Crippen molar-refractivity contribution in [2.75, 3.05) is 39.9 Å². The molecule has 0 bridgehead atoms. The second-order valence-corrected chi connectivity index (χ2v) is 15.3. The molecule has 1 aromatic rings. The first kappa shape index (κ1) is 35.9. The molecule has 0 saturated heterocycles. The number of benzene rings is 1. The zero-order valence-corrected chi connectivity index (χ0v) is 29.1. The van der Waals surface area contributed by atoms with Crippen molar-refractivity contribution in [2.24, 2.45) is 52.4 Å². The molecule has 0 aromatic heterocycles. The van der Waals surface area contributed by atoms with E-state index in [0.717, 1.165) is 81.2 Å². The molecule has 0 radical (unpaired) electrons. The third-order valence-electron chi connectivity index (χ3n) is 12.4. The third kappa shape index (κ3) is 9.53. The summed E-state index contributed by atoms with van der Waals surface area (Å²) in [6, 6.07) is 10.9. The molecule has 4 rings (SSSR count). The van der Waals surface area contributed by atoms with Crippen molar-refractivity contribution in [3.63, 3.8) is 0 Å². The summed E-state index contributed by atoms with van der Waals surface area (Å²) < 4.78 is 13.1. The molecule has 0 spiro atoms. The Kier molecular flexibility index (Phi) is 15.0. The molecule has 3 fully saturated rings. The Morgan fingerprint density at radius 3 is 2.41 bits per heavy atom. The van der Waals surface area contributed by atoms with Crippen molar-refractivity contribution >= 4 is 0 Å². The normalized spacial score (nSPS) is 33.0. The first-order valence-electron chi connectivity index (χ1n) is 18.8. The molecule has 1 aromatic carbocycles. The topological polar surface area (TPSA) is 73.7 Å².